The maximum Gasteiger partial charge on any atom is 0.128 e. The van der Waals surface area contributed by atoms with Crippen molar-refractivity contribution in [3.05, 3.63) is 24.4 Å². The Morgan fingerprint density at radius 1 is 1.19 bits per heavy atom. The molecule has 5 nitrogen and oxygen atoms in total. The van der Waals surface area contributed by atoms with Gasteiger partial charge in [0.25, 0.3) is 0 Å². The maximum absolute atomic E-state index is 11.5. The number of aldehydes is 1. The molecule has 0 saturated carbocycles. The van der Waals surface area contributed by atoms with Crippen molar-refractivity contribution < 1.29 is 9.53 Å². The number of rotatable bonds is 4. The van der Waals surface area contributed by atoms with Crippen molar-refractivity contribution in [3.8, 4) is 0 Å². The molecule has 2 fully saturated rings. The fraction of sp³-hybridized carbons (Fsp3) is 0.625. The molecule has 1 aromatic rings. The van der Waals surface area contributed by atoms with Crippen LogP contribution in [0, 0.1) is 5.41 Å². The minimum atomic E-state index is -0.189. The molecule has 0 aromatic carbocycles. The van der Waals surface area contributed by atoms with Gasteiger partial charge in [-0.25, -0.2) is 4.98 Å². The molecule has 1 aromatic heterocycles. The second-order valence-corrected chi connectivity index (χ2v) is 6.04. The predicted octanol–water partition coefficient (Wildman–Crippen LogP) is 1.20. The first kappa shape index (κ1) is 14.5. The summed E-state index contributed by atoms with van der Waals surface area (Å²) in [5.74, 6) is 1.05. The molecule has 5 heteroatoms. The number of nitrogens with zero attached hydrogens (tertiary/aromatic N) is 3. The molecule has 0 spiro atoms. The van der Waals surface area contributed by atoms with Gasteiger partial charge in [0.2, 0.25) is 0 Å². The first-order valence-corrected chi connectivity index (χ1v) is 7.74. The Morgan fingerprint density at radius 3 is 2.57 bits per heavy atom. The van der Waals surface area contributed by atoms with Gasteiger partial charge >= 0.3 is 0 Å². The Balaban J connectivity index is 1.55. The van der Waals surface area contributed by atoms with Gasteiger partial charge in [-0.15, -0.1) is 0 Å². The van der Waals surface area contributed by atoms with Crippen LogP contribution in [-0.4, -0.2) is 62.1 Å². The quantitative estimate of drug-likeness (QED) is 0.779. The lowest BCUT2D eigenvalue weighted by molar-refractivity contribution is -0.123. The third-order valence-electron chi connectivity index (χ3n) is 4.62. The fourth-order valence-corrected chi connectivity index (χ4v) is 3.21. The zero-order valence-electron chi connectivity index (χ0n) is 12.4. The van der Waals surface area contributed by atoms with Crippen LogP contribution in [0.5, 0.6) is 0 Å². The number of anilines is 1. The smallest absolute Gasteiger partial charge is 0.128 e. The van der Waals surface area contributed by atoms with Gasteiger partial charge in [0.15, 0.2) is 0 Å². The van der Waals surface area contributed by atoms with E-state index in [-0.39, 0.29) is 5.41 Å². The Bertz CT molecular complexity index is 452. The first-order chi connectivity index (χ1) is 10.3. The highest BCUT2D eigenvalue weighted by molar-refractivity contribution is 5.60. The van der Waals surface area contributed by atoms with Crippen LogP contribution in [0.15, 0.2) is 24.4 Å². The summed E-state index contributed by atoms with van der Waals surface area (Å²) in [6, 6.07) is 6.03. The van der Waals surface area contributed by atoms with Crippen LogP contribution in [0.3, 0.4) is 0 Å². The van der Waals surface area contributed by atoms with Gasteiger partial charge in [-0.05, 0) is 25.0 Å². The number of aromatic nitrogens is 1. The monoisotopic (exact) mass is 289 g/mol. The van der Waals surface area contributed by atoms with E-state index in [4.69, 9.17) is 4.74 Å². The largest absolute Gasteiger partial charge is 0.381 e. The lowest BCUT2D eigenvalue weighted by Gasteiger charge is -2.41. The zero-order valence-corrected chi connectivity index (χ0v) is 12.4. The van der Waals surface area contributed by atoms with Crippen molar-refractivity contribution in [2.24, 2.45) is 5.41 Å². The lowest BCUT2D eigenvalue weighted by Crippen LogP contribution is -2.51. The second-order valence-electron chi connectivity index (χ2n) is 6.04. The number of carbonyl (C=O) groups is 1. The van der Waals surface area contributed by atoms with Crippen LogP contribution in [0.2, 0.25) is 0 Å². The Hall–Kier alpha value is -1.46. The SMILES string of the molecule is O=CC1(CN2CCN(c3ccccn3)CC2)CCOCC1. The molecule has 3 rings (SSSR count). The highest BCUT2D eigenvalue weighted by Gasteiger charge is 2.35. The molecule has 0 unspecified atom stereocenters. The topological polar surface area (TPSA) is 45.7 Å². The van der Waals surface area contributed by atoms with E-state index in [9.17, 15) is 4.79 Å². The second kappa shape index (κ2) is 6.54. The molecule has 0 amide bonds. The highest BCUT2D eigenvalue weighted by atomic mass is 16.5. The van der Waals surface area contributed by atoms with Crippen molar-refractivity contribution in [2.45, 2.75) is 12.8 Å². The lowest BCUT2D eigenvalue weighted by atomic mass is 9.81. The van der Waals surface area contributed by atoms with Crippen LogP contribution < -0.4 is 4.90 Å². The van der Waals surface area contributed by atoms with E-state index in [1.165, 1.54) is 6.29 Å². The maximum atomic E-state index is 11.5. The summed E-state index contributed by atoms with van der Waals surface area (Å²) in [7, 11) is 0. The summed E-state index contributed by atoms with van der Waals surface area (Å²) in [5, 5.41) is 0. The van der Waals surface area contributed by atoms with E-state index in [1.54, 1.807) is 0 Å². The minimum absolute atomic E-state index is 0.189. The Labute approximate surface area is 125 Å². The van der Waals surface area contributed by atoms with E-state index >= 15 is 0 Å². The average molecular weight is 289 g/mol. The van der Waals surface area contributed by atoms with Crippen molar-refractivity contribution in [1.82, 2.24) is 9.88 Å². The summed E-state index contributed by atoms with van der Waals surface area (Å²) in [5.41, 5.74) is -0.189. The molecule has 0 bridgehead atoms. The molecule has 3 heterocycles. The summed E-state index contributed by atoms with van der Waals surface area (Å²) in [4.78, 5) is 20.7. The van der Waals surface area contributed by atoms with Crippen LogP contribution >= 0.6 is 0 Å². The molecule has 0 atom stereocenters. The number of hydrogen-bond donors (Lipinski definition) is 0. The number of ether oxygens (including phenoxy) is 1. The average Bonchev–Trinajstić information content (AvgIpc) is 2.57. The van der Waals surface area contributed by atoms with Crippen molar-refractivity contribution in [3.63, 3.8) is 0 Å². The molecule has 0 N–H and O–H groups in total. The van der Waals surface area contributed by atoms with Crippen molar-refractivity contribution in [2.75, 3.05) is 50.8 Å². The summed E-state index contributed by atoms with van der Waals surface area (Å²) < 4.78 is 5.40. The van der Waals surface area contributed by atoms with Crippen LogP contribution in [0.4, 0.5) is 5.82 Å². The molecular formula is C16H23N3O2. The zero-order chi connectivity index (χ0) is 14.5. The first-order valence-electron chi connectivity index (χ1n) is 7.74. The molecule has 0 aliphatic carbocycles. The standard InChI is InChI=1S/C16H23N3O2/c20-14-16(4-11-21-12-5-16)13-18-7-9-19(10-8-18)15-3-1-2-6-17-15/h1-3,6,14H,4-5,7-13H2. The third-order valence-corrected chi connectivity index (χ3v) is 4.62. The predicted molar refractivity (Wildman–Crippen MR) is 81.4 cm³/mol. The minimum Gasteiger partial charge on any atom is -0.381 e. The summed E-state index contributed by atoms with van der Waals surface area (Å²) in [6.07, 6.45) is 4.72. The molecule has 0 radical (unpaired) electrons. The molecular weight excluding hydrogens is 266 g/mol. The Kier molecular flexibility index (Phi) is 4.51. The molecule has 2 saturated heterocycles. The van der Waals surface area contributed by atoms with E-state index in [1.807, 2.05) is 18.3 Å². The summed E-state index contributed by atoms with van der Waals surface area (Å²) in [6.45, 7) is 6.24. The van der Waals surface area contributed by atoms with Crippen molar-refractivity contribution >= 4 is 12.1 Å². The normalized spacial score (nSPS) is 23.0. The van der Waals surface area contributed by atoms with Crippen LogP contribution in [-0.2, 0) is 9.53 Å². The van der Waals surface area contributed by atoms with Crippen molar-refractivity contribution in [1.29, 1.82) is 0 Å². The van der Waals surface area contributed by atoms with Gasteiger partial charge in [0.05, 0.1) is 0 Å². The molecule has 2 aliphatic rings. The van der Waals surface area contributed by atoms with E-state index in [0.717, 1.165) is 51.4 Å². The van der Waals surface area contributed by atoms with Gasteiger partial charge in [0, 0.05) is 57.5 Å². The van der Waals surface area contributed by atoms with Gasteiger partial charge in [-0.2, -0.15) is 0 Å². The third kappa shape index (κ3) is 3.41. The number of pyridine rings is 1. The molecule has 2 aliphatic heterocycles. The molecule has 114 valence electrons. The molecule has 21 heavy (non-hydrogen) atoms. The van der Waals surface area contributed by atoms with Gasteiger partial charge in [-0.1, -0.05) is 6.07 Å². The number of hydrogen-bond acceptors (Lipinski definition) is 5. The highest BCUT2D eigenvalue weighted by Crippen LogP contribution is 2.29. The fourth-order valence-electron chi connectivity index (χ4n) is 3.21. The number of carbonyl (C=O) groups excluding carboxylic acids is 1. The van der Waals surface area contributed by atoms with E-state index < -0.39 is 0 Å². The summed E-state index contributed by atoms with van der Waals surface area (Å²) >= 11 is 0. The van der Waals surface area contributed by atoms with E-state index in [2.05, 4.69) is 20.9 Å². The van der Waals surface area contributed by atoms with E-state index in [0.29, 0.717) is 13.2 Å². The van der Waals surface area contributed by atoms with Crippen LogP contribution in [0.1, 0.15) is 12.8 Å². The van der Waals surface area contributed by atoms with Gasteiger partial charge in [0.1, 0.15) is 12.1 Å². The number of piperazine rings is 1. The van der Waals surface area contributed by atoms with Gasteiger partial charge < -0.3 is 14.4 Å². The Morgan fingerprint density at radius 2 is 1.95 bits per heavy atom. The van der Waals surface area contributed by atoms with Crippen LogP contribution in [0.25, 0.3) is 0 Å². The van der Waals surface area contributed by atoms with Gasteiger partial charge in [-0.3, -0.25) is 4.90 Å².